The second-order valence-electron chi connectivity index (χ2n) is 6.32. The van der Waals surface area contributed by atoms with E-state index in [1.54, 1.807) is 10.8 Å². The van der Waals surface area contributed by atoms with Crippen LogP contribution in [0.4, 0.5) is 0 Å². The highest BCUT2D eigenvalue weighted by Gasteiger charge is 2.37. The first-order valence-electron chi connectivity index (χ1n) is 8.27. The Labute approximate surface area is 148 Å². The molecular formula is C21H14N2O3. The number of hydrogen-bond acceptors (Lipinski definition) is 3. The minimum atomic E-state index is -0.626. The summed E-state index contributed by atoms with van der Waals surface area (Å²) in [6, 6.07) is 17.4. The lowest BCUT2D eigenvalue weighted by atomic mass is 10.0. The fourth-order valence-corrected chi connectivity index (χ4v) is 3.66. The van der Waals surface area contributed by atoms with Crippen molar-refractivity contribution in [1.29, 1.82) is 0 Å². The van der Waals surface area contributed by atoms with Gasteiger partial charge in [0.2, 0.25) is 0 Å². The predicted octanol–water partition coefficient (Wildman–Crippen LogP) is 3.58. The fourth-order valence-electron chi connectivity index (χ4n) is 3.66. The highest BCUT2D eigenvalue weighted by atomic mass is 16.6. The summed E-state index contributed by atoms with van der Waals surface area (Å²) >= 11 is 0. The molecule has 4 aromatic rings. The van der Waals surface area contributed by atoms with Crippen molar-refractivity contribution in [2.75, 3.05) is 0 Å². The van der Waals surface area contributed by atoms with Crippen LogP contribution in [0.3, 0.4) is 0 Å². The zero-order valence-electron chi connectivity index (χ0n) is 14.0. The van der Waals surface area contributed by atoms with Gasteiger partial charge in [0.25, 0.3) is 0 Å². The lowest BCUT2D eigenvalue weighted by molar-refractivity contribution is -0.149. The minimum Gasteiger partial charge on any atom is -0.384 e. The van der Waals surface area contributed by atoms with E-state index < -0.39 is 11.9 Å². The third kappa shape index (κ3) is 1.91. The van der Waals surface area contributed by atoms with Crippen molar-refractivity contribution >= 4 is 45.0 Å². The molecule has 0 amide bonds. The smallest absolute Gasteiger partial charge is 0.364 e. The molecule has 126 valence electrons. The lowest BCUT2D eigenvalue weighted by Gasteiger charge is -2.05. The number of carbonyl (C=O) groups is 2. The molecule has 1 aliphatic rings. The van der Waals surface area contributed by atoms with Crippen LogP contribution in [-0.2, 0) is 21.4 Å². The number of esters is 2. The van der Waals surface area contributed by atoms with E-state index in [1.807, 2.05) is 72.4 Å². The molecule has 0 unspecified atom stereocenters. The Morgan fingerprint density at radius 3 is 2.42 bits per heavy atom. The summed E-state index contributed by atoms with van der Waals surface area (Å²) in [5, 5.41) is 1.90. The van der Waals surface area contributed by atoms with Gasteiger partial charge in [-0.2, -0.15) is 0 Å². The Hall–Kier alpha value is -3.60. The Balaban J connectivity index is 1.87. The maximum Gasteiger partial charge on any atom is 0.364 e. The van der Waals surface area contributed by atoms with Gasteiger partial charge in [0.05, 0.1) is 5.52 Å². The summed E-state index contributed by atoms with van der Waals surface area (Å²) in [6.45, 7) is 0. The Kier molecular flexibility index (Phi) is 2.94. The molecule has 0 bridgehead atoms. The van der Waals surface area contributed by atoms with E-state index in [9.17, 15) is 9.59 Å². The number of hydrogen-bond donors (Lipinski definition) is 0. The van der Waals surface area contributed by atoms with Gasteiger partial charge in [0, 0.05) is 35.9 Å². The molecule has 0 atom stereocenters. The molecule has 0 N–H and O–H groups in total. The number of cyclic esters (lactones) is 2. The zero-order valence-corrected chi connectivity index (χ0v) is 14.0. The van der Waals surface area contributed by atoms with E-state index in [2.05, 4.69) is 0 Å². The monoisotopic (exact) mass is 342 g/mol. The van der Waals surface area contributed by atoms with Crippen LogP contribution in [0.1, 0.15) is 5.56 Å². The van der Waals surface area contributed by atoms with Crippen LogP contribution < -0.4 is 0 Å². The number of fused-ring (bicyclic) bond motifs is 2. The van der Waals surface area contributed by atoms with Gasteiger partial charge in [-0.25, -0.2) is 9.59 Å². The Morgan fingerprint density at radius 2 is 1.58 bits per heavy atom. The minimum absolute atomic E-state index is 0.257. The van der Waals surface area contributed by atoms with Crippen LogP contribution in [0.5, 0.6) is 0 Å². The van der Waals surface area contributed by atoms with Crippen LogP contribution in [-0.4, -0.2) is 21.1 Å². The van der Waals surface area contributed by atoms with Crippen molar-refractivity contribution in [2.45, 2.75) is 0 Å². The summed E-state index contributed by atoms with van der Waals surface area (Å²) in [5.74, 6) is -1.24. The van der Waals surface area contributed by atoms with E-state index in [0.717, 1.165) is 21.8 Å². The van der Waals surface area contributed by atoms with Gasteiger partial charge in [0.15, 0.2) is 0 Å². The Bertz CT molecular complexity index is 1260. The van der Waals surface area contributed by atoms with Gasteiger partial charge in [-0.15, -0.1) is 0 Å². The zero-order chi connectivity index (χ0) is 17.8. The second-order valence-corrected chi connectivity index (χ2v) is 6.32. The van der Waals surface area contributed by atoms with Gasteiger partial charge in [-0.3, -0.25) is 0 Å². The van der Waals surface area contributed by atoms with Crippen molar-refractivity contribution in [3.05, 3.63) is 72.6 Å². The SMILES string of the molecule is Cn1cc(C2=C(n3ccc4ccccc43)C(=O)OC2=O)c2ccccc21. The van der Waals surface area contributed by atoms with E-state index in [-0.39, 0.29) is 5.70 Å². The fraction of sp³-hybridized carbons (Fsp3) is 0.0476. The molecule has 0 radical (unpaired) electrons. The van der Waals surface area contributed by atoms with Crippen molar-refractivity contribution in [3.8, 4) is 0 Å². The normalized spacial score (nSPS) is 14.7. The third-order valence-corrected chi connectivity index (χ3v) is 4.83. The molecule has 26 heavy (non-hydrogen) atoms. The Morgan fingerprint density at radius 1 is 0.846 bits per heavy atom. The molecule has 5 nitrogen and oxygen atoms in total. The number of ether oxygens (including phenoxy) is 1. The number of benzene rings is 2. The number of nitrogens with zero attached hydrogens (tertiary/aromatic N) is 2. The van der Waals surface area contributed by atoms with Crippen LogP contribution in [0.25, 0.3) is 33.1 Å². The number of aromatic nitrogens is 2. The van der Waals surface area contributed by atoms with Gasteiger partial charge in [-0.05, 0) is 23.6 Å². The van der Waals surface area contributed by atoms with Crippen molar-refractivity contribution in [1.82, 2.24) is 9.13 Å². The average Bonchev–Trinajstić information content (AvgIpc) is 3.29. The molecule has 1 aliphatic heterocycles. The number of aryl methyl sites for hydroxylation is 1. The van der Waals surface area contributed by atoms with Gasteiger partial charge in [-0.1, -0.05) is 36.4 Å². The molecule has 0 fully saturated rings. The molecule has 0 saturated carbocycles. The number of rotatable bonds is 2. The first-order chi connectivity index (χ1) is 12.6. The maximum absolute atomic E-state index is 12.6. The molecule has 2 aromatic heterocycles. The molecule has 0 saturated heterocycles. The quantitative estimate of drug-likeness (QED) is 0.413. The highest BCUT2D eigenvalue weighted by molar-refractivity contribution is 6.43. The van der Waals surface area contributed by atoms with Gasteiger partial charge < -0.3 is 13.9 Å². The second kappa shape index (κ2) is 5.20. The van der Waals surface area contributed by atoms with Crippen molar-refractivity contribution in [2.24, 2.45) is 7.05 Å². The molecule has 0 aliphatic carbocycles. The number of carbonyl (C=O) groups excluding carboxylic acids is 2. The average molecular weight is 342 g/mol. The summed E-state index contributed by atoms with van der Waals surface area (Å²) in [7, 11) is 1.92. The highest BCUT2D eigenvalue weighted by Crippen LogP contribution is 2.36. The van der Waals surface area contributed by atoms with E-state index in [1.165, 1.54) is 0 Å². The van der Waals surface area contributed by atoms with Gasteiger partial charge >= 0.3 is 11.9 Å². The summed E-state index contributed by atoms with van der Waals surface area (Å²) in [5.41, 5.74) is 3.10. The molecule has 5 rings (SSSR count). The van der Waals surface area contributed by atoms with Crippen molar-refractivity contribution < 1.29 is 14.3 Å². The largest absolute Gasteiger partial charge is 0.384 e. The van der Waals surface area contributed by atoms with Crippen LogP contribution in [0.15, 0.2) is 67.0 Å². The first kappa shape index (κ1) is 14.7. The summed E-state index contributed by atoms with van der Waals surface area (Å²) in [4.78, 5) is 25.1. The van der Waals surface area contributed by atoms with Gasteiger partial charge in [0.1, 0.15) is 11.3 Å². The lowest BCUT2D eigenvalue weighted by Crippen LogP contribution is -2.05. The third-order valence-electron chi connectivity index (χ3n) is 4.83. The van der Waals surface area contributed by atoms with E-state index >= 15 is 0 Å². The molecule has 2 aromatic carbocycles. The topological polar surface area (TPSA) is 53.2 Å². The summed E-state index contributed by atoms with van der Waals surface area (Å²) in [6.07, 6.45) is 3.66. The standard InChI is InChI=1S/C21H14N2O3/c1-22-12-15(14-7-3-5-9-17(14)22)18-19(21(25)26-20(18)24)23-11-10-13-6-2-4-8-16(13)23/h2-12H,1H3. The predicted molar refractivity (Wildman–Crippen MR) is 99.1 cm³/mol. The molecule has 5 heteroatoms. The number of para-hydroxylation sites is 2. The van der Waals surface area contributed by atoms with E-state index in [0.29, 0.717) is 11.1 Å². The van der Waals surface area contributed by atoms with Crippen molar-refractivity contribution in [3.63, 3.8) is 0 Å². The van der Waals surface area contributed by atoms with Crippen LogP contribution in [0, 0.1) is 0 Å². The van der Waals surface area contributed by atoms with Crippen LogP contribution >= 0.6 is 0 Å². The molecular weight excluding hydrogens is 328 g/mol. The maximum atomic E-state index is 12.6. The molecule has 3 heterocycles. The van der Waals surface area contributed by atoms with Crippen LogP contribution in [0.2, 0.25) is 0 Å². The van der Waals surface area contributed by atoms with E-state index in [4.69, 9.17) is 4.74 Å². The summed E-state index contributed by atoms with van der Waals surface area (Å²) < 4.78 is 8.67. The molecule has 0 spiro atoms. The first-order valence-corrected chi connectivity index (χ1v) is 8.27.